The zero-order valence-electron chi connectivity index (χ0n) is 9.00. The highest BCUT2D eigenvalue weighted by atomic mass is 16.6. The van der Waals surface area contributed by atoms with E-state index in [-0.39, 0.29) is 5.75 Å². The fourth-order valence-electron chi connectivity index (χ4n) is 0.940. The van der Waals surface area contributed by atoms with Crippen LogP contribution in [-0.2, 0) is 4.74 Å². The molecule has 0 unspecified atom stereocenters. The summed E-state index contributed by atoms with van der Waals surface area (Å²) in [5.74, 6) is 0.0693. The van der Waals surface area contributed by atoms with Gasteiger partial charge in [0, 0.05) is 12.1 Å². The summed E-state index contributed by atoms with van der Waals surface area (Å²) < 4.78 is 5.03. The number of hydrogen-bond donors (Lipinski definition) is 2. The first-order valence-electron chi connectivity index (χ1n) is 4.57. The average Bonchev–Trinajstić information content (AvgIpc) is 1.99. The first kappa shape index (κ1) is 11.4. The molecule has 0 bridgehead atoms. The highest BCUT2D eigenvalue weighted by molar-refractivity contribution is 5.84. The van der Waals surface area contributed by atoms with Crippen molar-refractivity contribution in [1.29, 1.82) is 0 Å². The van der Waals surface area contributed by atoms with Gasteiger partial charge in [-0.2, -0.15) is 0 Å². The number of nitrogens with one attached hydrogen (secondary N) is 1. The molecule has 0 saturated carbocycles. The van der Waals surface area contributed by atoms with Crippen LogP contribution >= 0.6 is 0 Å². The Labute approximate surface area is 88.9 Å². The van der Waals surface area contributed by atoms with E-state index < -0.39 is 11.7 Å². The van der Waals surface area contributed by atoms with Crippen LogP contribution in [0.15, 0.2) is 18.2 Å². The minimum atomic E-state index is -0.565. The summed E-state index contributed by atoms with van der Waals surface area (Å²) >= 11 is 0. The van der Waals surface area contributed by atoms with Crippen LogP contribution in [0.25, 0.3) is 0 Å². The van der Waals surface area contributed by atoms with E-state index in [0.29, 0.717) is 5.69 Å². The summed E-state index contributed by atoms with van der Waals surface area (Å²) in [6.07, 6.45) is -0.565. The lowest BCUT2D eigenvalue weighted by Gasteiger charge is -2.19. The molecule has 0 fully saturated rings. The van der Waals surface area contributed by atoms with E-state index >= 15 is 0 Å². The maximum absolute atomic E-state index is 11.3. The Kier molecular flexibility index (Phi) is 3.19. The minimum absolute atomic E-state index is 0.0693. The number of phenolic OH excluding ortho intramolecular Hbond substituents is 1. The second-order valence-corrected chi connectivity index (χ2v) is 4.09. The lowest BCUT2D eigenvalue weighted by atomic mass is 10.2. The van der Waals surface area contributed by atoms with Gasteiger partial charge in [0.25, 0.3) is 0 Å². The third-order valence-corrected chi connectivity index (χ3v) is 1.42. The Balaban J connectivity index is 2.59. The van der Waals surface area contributed by atoms with Crippen molar-refractivity contribution in [2.24, 2.45) is 0 Å². The van der Waals surface area contributed by atoms with E-state index in [1.165, 1.54) is 18.2 Å². The smallest absolute Gasteiger partial charge is 0.412 e. The van der Waals surface area contributed by atoms with Gasteiger partial charge in [-0.25, -0.2) is 4.79 Å². The molecule has 15 heavy (non-hydrogen) atoms. The largest absolute Gasteiger partial charge is 0.508 e. The second-order valence-electron chi connectivity index (χ2n) is 4.09. The van der Waals surface area contributed by atoms with Crippen molar-refractivity contribution in [2.75, 3.05) is 5.32 Å². The molecule has 2 N–H and O–H groups in total. The van der Waals surface area contributed by atoms with Gasteiger partial charge in [-0.1, -0.05) is 0 Å². The monoisotopic (exact) mass is 208 g/mol. The van der Waals surface area contributed by atoms with Crippen molar-refractivity contribution < 1.29 is 14.6 Å². The van der Waals surface area contributed by atoms with Crippen molar-refractivity contribution in [3.05, 3.63) is 24.3 Å². The minimum Gasteiger partial charge on any atom is -0.508 e. The lowest BCUT2D eigenvalue weighted by Crippen LogP contribution is -2.27. The number of ether oxygens (including phenoxy) is 1. The molecule has 0 aliphatic rings. The standard InChI is InChI=1S/C11H14NO3/c1-11(2,3)15-10(14)12-8-5-4-6-9(13)7-8/h4,6-7,13H,1-3H3,(H,12,14). The van der Waals surface area contributed by atoms with Crippen molar-refractivity contribution in [1.82, 2.24) is 0 Å². The van der Waals surface area contributed by atoms with Crippen LogP contribution in [0, 0.1) is 6.07 Å². The van der Waals surface area contributed by atoms with Crippen molar-refractivity contribution in [3.8, 4) is 5.75 Å². The van der Waals surface area contributed by atoms with Gasteiger partial charge in [-0.3, -0.25) is 5.32 Å². The fraction of sp³-hybridized carbons (Fsp3) is 0.364. The summed E-state index contributed by atoms with van der Waals surface area (Å²) in [7, 11) is 0. The summed E-state index contributed by atoms with van der Waals surface area (Å²) in [5.41, 5.74) is -0.162. The molecule has 0 aliphatic heterocycles. The van der Waals surface area contributed by atoms with Crippen LogP contribution in [-0.4, -0.2) is 16.8 Å². The van der Waals surface area contributed by atoms with Crippen molar-refractivity contribution >= 4 is 11.8 Å². The predicted molar refractivity (Wildman–Crippen MR) is 56.8 cm³/mol. The molecule has 81 valence electrons. The number of carbonyl (C=O) groups is 1. The number of hydrogen-bond acceptors (Lipinski definition) is 3. The number of carbonyl (C=O) groups excluding carboxylic acids is 1. The number of amides is 1. The van der Waals surface area contributed by atoms with Gasteiger partial charge < -0.3 is 9.84 Å². The molecule has 1 rings (SSSR count). The predicted octanol–water partition coefficient (Wildman–Crippen LogP) is 2.54. The highest BCUT2D eigenvalue weighted by Crippen LogP contribution is 2.16. The first-order chi connectivity index (χ1) is 6.87. The molecule has 0 aliphatic carbocycles. The van der Waals surface area contributed by atoms with Gasteiger partial charge in [-0.15, -0.1) is 0 Å². The molecule has 1 aromatic rings. The van der Waals surface area contributed by atoms with Gasteiger partial charge in [-0.05, 0) is 32.9 Å². The Morgan fingerprint density at radius 3 is 2.73 bits per heavy atom. The Morgan fingerprint density at radius 1 is 1.53 bits per heavy atom. The molecule has 1 aromatic carbocycles. The van der Waals surface area contributed by atoms with Crippen LogP contribution in [0.3, 0.4) is 0 Å². The maximum atomic E-state index is 11.3. The van der Waals surface area contributed by atoms with E-state index in [1.54, 1.807) is 20.8 Å². The molecule has 0 spiro atoms. The zero-order valence-corrected chi connectivity index (χ0v) is 9.00. The average molecular weight is 208 g/mol. The first-order valence-corrected chi connectivity index (χ1v) is 4.57. The van der Waals surface area contributed by atoms with Crippen LogP contribution < -0.4 is 5.32 Å². The van der Waals surface area contributed by atoms with E-state index in [9.17, 15) is 4.79 Å². The summed E-state index contributed by atoms with van der Waals surface area (Å²) in [4.78, 5) is 11.3. The fourth-order valence-corrected chi connectivity index (χ4v) is 0.940. The maximum Gasteiger partial charge on any atom is 0.412 e. The molecule has 0 saturated heterocycles. The van der Waals surface area contributed by atoms with E-state index in [4.69, 9.17) is 9.84 Å². The SMILES string of the molecule is CC(C)(C)OC(=O)Nc1[c]ccc(O)c1. The van der Waals surface area contributed by atoms with Crippen LogP contribution in [0.5, 0.6) is 5.75 Å². The Hall–Kier alpha value is -1.71. The molecular weight excluding hydrogens is 194 g/mol. The lowest BCUT2D eigenvalue weighted by molar-refractivity contribution is 0.0636. The highest BCUT2D eigenvalue weighted by Gasteiger charge is 2.16. The van der Waals surface area contributed by atoms with Gasteiger partial charge in [0.2, 0.25) is 0 Å². The topological polar surface area (TPSA) is 58.6 Å². The summed E-state index contributed by atoms with van der Waals surface area (Å²) in [5, 5.41) is 11.6. The second kappa shape index (κ2) is 4.21. The Morgan fingerprint density at radius 2 is 2.20 bits per heavy atom. The molecule has 0 aromatic heterocycles. The van der Waals surface area contributed by atoms with E-state index in [2.05, 4.69) is 11.4 Å². The number of phenols is 1. The molecule has 4 heteroatoms. The number of aromatic hydroxyl groups is 1. The van der Waals surface area contributed by atoms with E-state index in [1.807, 2.05) is 0 Å². The van der Waals surface area contributed by atoms with Crippen molar-refractivity contribution in [3.63, 3.8) is 0 Å². The molecule has 0 atom stereocenters. The van der Waals surface area contributed by atoms with Gasteiger partial charge in [0.05, 0.1) is 5.69 Å². The van der Waals surface area contributed by atoms with Crippen LogP contribution in [0.2, 0.25) is 0 Å². The normalized spacial score (nSPS) is 10.9. The Bertz CT molecular complexity index is 355. The summed E-state index contributed by atoms with van der Waals surface area (Å²) in [6.45, 7) is 5.33. The third-order valence-electron chi connectivity index (χ3n) is 1.42. The third kappa shape index (κ3) is 4.35. The summed E-state index contributed by atoms with van der Waals surface area (Å²) in [6, 6.07) is 7.14. The quantitative estimate of drug-likeness (QED) is 0.745. The van der Waals surface area contributed by atoms with Gasteiger partial charge in [0.15, 0.2) is 0 Å². The number of anilines is 1. The number of rotatable bonds is 1. The van der Waals surface area contributed by atoms with Crippen LogP contribution in [0.1, 0.15) is 20.8 Å². The molecule has 1 radical (unpaired) electrons. The molecule has 4 nitrogen and oxygen atoms in total. The molecular formula is C11H14NO3. The van der Waals surface area contributed by atoms with Gasteiger partial charge in [0.1, 0.15) is 11.4 Å². The van der Waals surface area contributed by atoms with E-state index in [0.717, 1.165) is 0 Å². The zero-order chi connectivity index (χ0) is 11.5. The van der Waals surface area contributed by atoms with Crippen LogP contribution in [0.4, 0.5) is 10.5 Å². The molecule has 0 heterocycles. The van der Waals surface area contributed by atoms with Gasteiger partial charge >= 0.3 is 6.09 Å². The number of benzene rings is 1. The van der Waals surface area contributed by atoms with Crippen molar-refractivity contribution in [2.45, 2.75) is 26.4 Å². The molecule has 1 amide bonds.